The van der Waals surface area contributed by atoms with Gasteiger partial charge in [-0.1, -0.05) is 29.8 Å². The Balaban J connectivity index is 2.00. The second-order valence-corrected chi connectivity index (χ2v) is 5.82. The fourth-order valence-corrected chi connectivity index (χ4v) is 2.60. The van der Waals surface area contributed by atoms with E-state index in [9.17, 15) is 14.7 Å². The summed E-state index contributed by atoms with van der Waals surface area (Å²) in [5, 5.41) is 14.8. The van der Waals surface area contributed by atoms with E-state index in [2.05, 4.69) is 15.5 Å². The van der Waals surface area contributed by atoms with Crippen molar-refractivity contribution in [3.05, 3.63) is 80.0 Å². The molecular weight excluding hydrogens is 372 g/mol. The zero-order chi connectivity index (χ0) is 19.4. The van der Waals surface area contributed by atoms with Crippen molar-refractivity contribution in [1.82, 2.24) is 9.55 Å². The highest BCUT2D eigenvalue weighted by atomic mass is 35.5. The van der Waals surface area contributed by atoms with Crippen LogP contribution in [0.3, 0.4) is 0 Å². The number of ether oxygens (including phenoxy) is 1. The monoisotopic (exact) mass is 386 g/mol. The lowest BCUT2D eigenvalue weighted by atomic mass is 10.3. The lowest BCUT2D eigenvalue weighted by molar-refractivity contribution is 0.416. The molecule has 0 aliphatic rings. The molecule has 0 aliphatic heterocycles. The smallest absolute Gasteiger partial charge is 0.335 e. The van der Waals surface area contributed by atoms with E-state index in [0.29, 0.717) is 22.1 Å². The van der Waals surface area contributed by atoms with Gasteiger partial charge in [-0.15, -0.1) is 0 Å². The standard InChI is InChI=1S/C18H15ClN4O4/c1-27-15-8-3-2-7-14(15)22-20-10-13-16(24)21-18(26)23(17(13)25)12-6-4-5-11(19)9-12/h2-10,22,25H,1H3,(H,21,24,26)/b20-10+. The largest absolute Gasteiger partial charge is 0.495 e. The number of anilines is 1. The molecule has 0 saturated carbocycles. The van der Waals surface area contributed by atoms with Crippen molar-refractivity contribution in [1.29, 1.82) is 0 Å². The Labute approximate surface area is 158 Å². The number of nitrogens with one attached hydrogen (secondary N) is 2. The molecule has 0 saturated heterocycles. The first-order valence-corrected chi connectivity index (χ1v) is 8.15. The summed E-state index contributed by atoms with van der Waals surface area (Å²) >= 11 is 5.93. The van der Waals surface area contributed by atoms with Crippen LogP contribution in [0.2, 0.25) is 5.02 Å². The van der Waals surface area contributed by atoms with Crippen molar-refractivity contribution in [3.63, 3.8) is 0 Å². The highest BCUT2D eigenvalue weighted by Crippen LogP contribution is 2.23. The number of rotatable bonds is 5. The van der Waals surface area contributed by atoms with E-state index in [1.807, 2.05) is 0 Å². The van der Waals surface area contributed by atoms with E-state index >= 15 is 0 Å². The minimum absolute atomic E-state index is 0.197. The second-order valence-electron chi connectivity index (χ2n) is 5.38. The topological polar surface area (TPSA) is 109 Å². The van der Waals surface area contributed by atoms with Crippen LogP contribution in [-0.4, -0.2) is 28.0 Å². The SMILES string of the molecule is COc1ccccc1N/N=C/c1c(O)n(-c2cccc(Cl)c2)c(=O)[nH]c1=O. The minimum atomic E-state index is -0.797. The number of benzene rings is 2. The third-order valence-corrected chi connectivity index (χ3v) is 3.91. The van der Waals surface area contributed by atoms with E-state index in [0.717, 1.165) is 10.8 Å². The van der Waals surface area contributed by atoms with Crippen LogP contribution in [0.1, 0.15) is 5.56 Å². The van der Waals surface area contributed by atoms with E-state index < -0.39 is 17.1 Å². The van der Waals surface area contributed by atoms with Gasteiger partial charge in [0, 0.05) is 5.02 Å². The van der Waals surface area contributed by atoms with Crippen molar-refractivity contribution in [3.8, 4) is 17.3 Å². The molecule has 0 amide bonds. The summed E-state index contributed by atoms with van der Waals surface area (Å²) < 4.78 is 6.12. The number of para-hydroxylation sites is 2. The number of hydrazone groups is 1. The van der Waals surface area contributed by atoms with E-state index in [-0.39, 0.29) is 5.56 Å². The molecule has 0 spiro atoms. The molecular formula is C18H15ClN4O4. The highest BCUT2D eigenvalue weighted by molar-refractivity contribution is 6.30. The van der Waals surface area contributed by atoms with E-state index in [4.69, 9.17) is 16.3 Å². The molecule has 0 bridgehead atoms. The summed E-state index contributed by atoms with van der Waals surface area (Å²) in [6.45, 7) is 0. The molecule has 0 unspecified atom stereocenters. The summed E-state index contributed by atoms with van der Waals surface area (Å²) in [5.41, 5.74) is 1.82. The number of aromatic nitrogens is 2. The molecule has 138 valence electrons. The first-order chi connectivity index (χ1) is 13.0. The van der Waals surface area contributed by atoms with Gasteiger partial charge in [0.1, 0.15) is 11.3 Å². The van der Waals surface area contributed by atoms with Gasteiger partial charge in [0.25, 0.3) is 5.56 Å². The number of aromatic hydroxyl groups is 1. The number of aromatic amines is 1. The average molecular weight is 387 g/mol. The lowest BCUT2D eigenvalue weighted by Gasteiger charge is -2.10. The van der Waals surface area contributed by atoms with Crippen LogP contribution in [0, 0.1) is 0 Å². The summed E-state index contributed by atoms with van der Waals surface area (Å²) in [7, 11) is 1.52. The molecule has 1 heterocycles. The molecule has 0 fully saturated rings. The molecule has 0 atom stereocenters. The Morgan fingerprint density at radius 1 is 1.22 bits per heavy atom. The molecule has 2 aromatic carbocycles. The molecule has 8 nitrogen and oxygen atoms in total. The summed E-state index contributed by atoms with van der Waals surface area (Å²) in [6, 6.07) is 13.3. The van der Waals surface area contributed by atoms with Crippen LogP contribution in [0.15, 0.2) is 63.2 Å². The predicted molar refractivity (Wildman–Crippen MR) is 104 cm³/mol. The van der Waals surface area contributed by atoms with Gasteiger partial charge in [-0.25, -0.2) is 9.36 Å². The number of nitrogens with zero attached hydrogens (tertiary/aromatic N) is 2. The number of halogens is 1. The molecule has 3 N–H and O–H groups in total. The number of methoxy groups -OCH3 is 1. The molecule has 0 aliphatic carbocycles. The normalized spacial score (nSPS) is 10.9. The average Bonchev–Trinajstić information content (AvgIpc) is 2.64. The lowest BCUT2D eigenvalue weighted by Crippen LogP contribution is -2.31. The summed E-state index contributed by atoms with van der Waals surface area (Å²) in [4.78, 5) is 26.4. The van der Waals surface area contributed by atoms with Crippen LogP contribution in [0.4, 0.5) is 5.69 Å². The Bertz CT molecular complexity index is 1120. The van der Waals surface area contributed by atoms with Crippen molar-refractivity contribution < 1.29 is 9.84 Å². The molecule has 27 heavy (non-hydrogen) atoms. The maximum atomic E-state index is 12.1. The van der Waals surface area contributed by atoms with Gasteiger partial charge < -0.3 is 9.84 Å². The van der Waals surface area contributed by atoms with Crippen LogP contribution in [-0.2, 0) is 0 Å². The third-order valence-electron chi connectivity index (χ3n) is 3.67. The molecule has 3 rings (SSSR count). The zero-order valence-corrected chi connectivity index (χ0v) is 14.9. The Hall–Kier alpha value is -3.52. The molecule has 0 radical (unpaired) electrons. The van der Waals surface area contributed by atoms with Crippen LogP contribution in [0.25, 0.3) is 5.69 Å². The molecule has 3 aromatic rings. The van der Waals surface area contributed by atoms with Crippen LogP contribution < -0.4 is 21.4 Å². The van der Waals surface area contributed by atoms with E-state index in [1.165, 1.54) is 13.2 Å². The van der Waals surface area contributed by atoms with Crippen molar-refractivity contribution in [2.75, 3.05) is 12.5 Å². The van der Waals surface area contributed by atoms with Gasteiger partial charge in [-0.05, 0) is 30.3 Å². The van der Waals surface area contributed by atoms with Crippen LogP contribution in [0.5, 0.6) is 11.6 Å². The quantitative estimate of drug-likeness (QED) is 0.460. The third kappa shape index (κ3) is 3.85. The summed E-state index contributed by atoms with van der Waals surface area (Å²) in [5.74, 6) is -0.00623. The van der Waals surface area contributed by atoms with Gasteiger partial charge in [0.2, 0.25) is 5.88 Å². The second kappa shape index (κ2) is 7.79. The maximum Gasteiger partial charge on any atom is 0.335 e. The van der Waals surface area contributed by atoms with Gasteiger partial charge in [-0.2, -0.15) is 5.10 Å². The van der Waals surface area contributed by atoms with Gasteiger partial charge in [0.05, 0.1) is 24.7 Å². The summed E-state index contributed by atoms with van der Waals surface area (Å²) in [6.07, 6.45) is 1.11. The highest BCUT2D eigenvalue weighted by Gasteiger charge is 2.14. The minimum Gasteiger partial charge on any atom is -0.495 e. The van der Waals surface area contributed by atoms with Crippen LogP contribution >= 0.6 is 11.6 Å². The van der Waals surface area contributed by atoms with Gasteiger partial charge in [0.15, 0.2) is 0 Å². The fraction of sp³-hybridized carbons (Fsp3) is 0.0556. The Morgan fingerprint density at radius 3 is 2.74 bits per heavy atom. The Morgan fingerprint density at radius 2 is 2.00 bits per heavy atom. The van der Waals surface area contributed by atoms with Gasteiger partial charge >= 0.3 is 5.69 Å². The maximum absolute atomic E-state index is 12.1. The molecule has 1 aromatic heterocycles. The van der Waals surface area contributed by atoms with E-state index in [1.54, 1.807) is 42.5 Å². The number of hydrogen-bond donors (Lipinski definition) is 3. The number of hydrogen-bond acceptors (Lipinski definition) is 6. The zero-order valence-electron chi connectivity index (χ0n) is 14.1. The fourth-order valence-electron chi connectivity index (χ4n) is 2.41. The first kappa shape index (κ1) is 18.3. The Kier molecular flexibility index (Phi) is 5.28. The van der Waals surface area contributed by atoms with Crippen molar-refractivity contribution >= 4 is 23.5 Å². The van der Waals surface area contributed by atoms with Crippen molar-refractivity contribution in [2.45, 2.75) is 0 Å². The first-order valence-electron chi connectivity index (χ1n) is 7.77. The van der Waals surface area contributed by atoms with Crippen molar-refractivity contribution in [2.24, 2.45) is 5.10 Å². The molecule has 9 heteroatoms. The predicted octanol–water partition coefficient (Wildman–Crippen LogP) is 2.34. The number of H-pyrrole nitrogens is 1. The van der Waals surface area contributed by atoms with Gasteiger partial charge in [-0.3, -0.25) is 15.2 Å².